The molecule has 1 fully saturated rings. The number of nitrogens with one attached hydrogen (secondary N) is 1. The van der Waals surface area contributed by atoms with E-state index in [1.165, 1.54) is 10.1 Å². The summed E-state index contributed by atoms with van der Waals surface area (Å²) in [6.07, 6.45) is 2.60. The number of carbonyl (C=O) groups excluding carboxylic acids is 1. The van der Waals surface area contributed by atoms with E-state index in [2.05, 4.69) is 36.5 Å². The van der Waals surface area contributed by atoms with Crippen LogP contribution >= 0.6 is 0 Å². The summed E-state index contributed by atoms with van der Waals surface area (Å²) >= 11 is 0. The molecule has 0 saturated carbocycles. The molecular weight excluding hydrogens is 366 g/mol. The topological polar surface area (TPSA) is 63.6 Å². The molecule has 2 aromatic carbocycles. The van der Waals surface area contributed by atoms with E-state index in [4.69, 9.17) is 4.74 Å². The van der Waals surface area contributed by atoms with Gasteiger partial charge in [0.2, 0.25) is 0 Å². The normalized spacial score (nSPS) is 16.8. The Hall–Kier alpha value is -3.12. The predicted octanol–water partition coefficient (Wildman–Crippen LogP) is 3.71. The van der Waals surface area contributed by atoms with Crippen molar-refractivity contribution < 1.29 is 9.53 Å². The van der Waals surface area contributed by atoms with E-state index in [9.17, 15) is 9.59 Å². The first-order chi connectivity index (χ1) is 14.0. The molecule has 1 aliphatic heterocycles. The number of urea groups is 1. The van der Waals surface area contributed by atoms with Crippen LogP contribution in [0.15, 0.2) is 59.5 Å². The van der Waals surface area contributed by atoms with Gasteiger partial charge in [0.1, 0.15) is 6.10 Å². The van der Waals surface area contributed by atoms with Crippen LogP contribution in [0.25, 0.3) is 10.8 Å². The Morgan fingerprint density at radius 2 is 1.97 bits per heavy atom. The number of aromatic nitrogens is 1. The van der Waals surface area contributed by atoms with Gasteiger partial charge in [-0.15, -0.1) is 0 Å². The van der Waals surface area contributed by atoms with Crippen molar-refractivity contribution in [2.24, 2.45) is 7.05 Å². The highest BCUT2D eigenvalue weighted by Gasteiger charge is 2.25. The van der Waals surface area contributed by atoms with Crippen LogP contribution in [0, 0.1) is 0 Å². The Morgan fingerprint density at radius 1 is 1.17 bits per heavy atom. The van der Waals surface area contributed by atoms with Gasteiger partial charge in [0.05, 0.1) is 13.2 Å². The summed E-state index contributed by atoms with van der Waals surface area (Å²) in [6, 6.07) is 15.5. The Labute approximate surface area is 169 Å². The minimum Gasteiger partial charge on any atom is -0.370 e. The van der Waals surface area contributed by atoms with Crippen molar-refractivity contribution in [1.82, 2.24) is 9.47 Å². The monoisotopic (exact) mass is 391 g/mol. The van der Waals surface area contributed by atoms with E-state index in [1.807, 2.05) is 18.2 Å². The van der Waals surface area contributed by atoms with Gasteiger partial charge >= 0.3 is 6.03 Å². The molecule has 150 valence electrons. The molecule has 29 heavy (non-hydrogen) atoms. The summed E-state index contributed by atoms with van der Waals surface area (Å²) in [4.78, 5) is 26.9. The second-order valence-electron chi connectivity index (χ2n) is 7.36. The van der Waals surface area contributed by atoms with Gasteiger partial charge in [-0.3, -0.25) is 4.79 Å². The van der Waals surface area contributed by atoms with Crippen LogP contribution in [0.2, 0.25) is 0 Å². The number of morpholine rings is 1. The van der Waals surface area contributed by atoms with Crippen LogP contribution in [0.4, 0.5) is 10.5 Å². The van der Waals surface area contributed by atoms with E-state index < -0.39 is 0 Å². The molecule has 4 rings (SSSR count). The summed E-state index contributed by atoms with van der Waals surface area (Å²) in [5.74, 6) is 0. The molecule has 0 spiro atoms. The highest BCUT2D eigenvalue weighted by atomic mass is 16.5. The lowest BCUT2D eigenvalue weighted by Gasteiger charge is -2.33. The first kappa shape index (κ1) is 19.2. The summed E-state index contributed by atoms with van der Waals surface area (Å²) in [6.45, 7) is 3.64. The molecular formula is C23H25N3O3. The number of pyridine rings is 1. The summed E-state index contributed by atoms with van der Waals surface area (Å²) in [7, 11) is 1.72. The van der Waals surface area contributed by atoms with Crippen molar-refractivity contribution in [3.63, 3.8) is 0 Å². The second-order valence-corrected chi connectivity index (χ2v) is 7.36. The third-order valence-electron chi connectivity index (χ3n) is 5.45. The predicted molar refractivity (Wildman–Crippen MR) is 114 cm³/mol. The molecule has 2 heterocycles. The number of carbonyl (C=O) groups is 1. The maximum Gasteiger partial charge on any atom is 0.322 e. The molecule has 1 aromatic heterocycles. The fraction of sp³-hybridized carbons (Fsp3) is 0.304. The van der Waals surface area contributed by atoms with E-state index in [0.717, 1.165) is 17.4 Å². The van der Waals surface area contributed by atoms with Crippen LogP contribution < -0.4 is 10.9 Å². The van der Waals surface area contributed by atoms with Gasteiger partial charge in [-0.25, -0.2) is 4.79 Å². The smallest absolute Gasteiger partial charge is 0.322 e. The largest absolute Gasteiger partial charge is 0.370 e. The average molecular weight is 391 g/mol. The van der Waals surface area contributed by atoms with E-state index in [1.54, 1.807) is 24.2 Å². The first-order valence-electron chi connectivity index (χ1n) is 9.91. The summed E-state index contributed by atoms with van der Waals surface area (Å²) in [5.41, 5.74) is 2.89. The molecule has 2 amide bonds. The van der Waals surface area contributed by atoms with Crippen LogP contribution in [-0.2, 0) is 18.2 Å². The number of fused-ring (bicyclic) bond motifs is 1. The van der Waals surface area contributed by atoms with Gasteiger partial charge < -0.3 is 19.5 Å². The lowest BCUT2D eigenvalue weighted by molar-refractivity contribution is -0.0135. The molecule has 1 N–H and O–H groups in total. The highest BCUT2D eigenvalue weighted by Crippen LogP contribution is 2.24. The minimum atomic E-state index is -0.185. The number of rotatable bonds is 3. The zero-order chi connectivity index (χ0) is 20.4. The molecule has 3 aromatic rings. The fourth-order valence-corrected chi connectivity index (χ4v) is 3.62. The van der Waals surface area contributed by atoms with E-state index in [-0.39, 0.29) is 17.7 Å². The molecule has 6 heteroatoms. The van der Waals surface area contributed by atoms with Gasteiger partial charge in [-0.05, 0) is 41.1 Å². The van der Waals surface area contributed by atoms with Crippen molar-refractivity contribution in [3.8, 4) is 0 Å². The number of hydrogen-bond donors (Lipinski definition) is 1. The molecule has 1 aliphatic rings. The summed E-state index contributed by atoms with van der Waals surface area (Å²) < 4.78 is 7.42. The molecule has 1 atom stereocenters. The van der Waals surface area contributed by atoms with Crippen LogP contribution in [0.3, 0.4) is 0 Å². The second kappa shape index (κ2) is 8.09. The van der Waals surface area contributed by atoms with Crippen LogP contribution in [0.1, 0.15) is 24.2 Å². The Balaban J connectivity index is 1.48. The van der Waals surface area contributed by atoms with Crippen molar-refractivity contribution in [1.29, 1.82) is 0 Å². The van der Waals surface area contributed by atoms with E-state index in [0.29, 0.717) is 30.8 Å². The van der Waals surface area contributed by atoms with E-state index >= 15 is 0 Å². The Kier molecular flexibility index (Phi) is 5.36. The van der Waals surface area contributed by atoms with Gasteiger partial charge in [-0.2, -0.15) is 0 Å². The van der Waals surface area contributed by atoms with Crippen molar-refractivity contribution in [2.75, 3.05) is 25.0 Å². The fourth-order valence-electron chi connectivity index (χ4n) is 3.62. The third kappa shape index (κ3) is 4.03. The SMILES string of the molecule is CCc1ccc(C2CN(C(=O)Nc3ccc4ccn(C)c(=O)c4c3)CCO2)cc1. The molecule has 0 aliphatic carbocycles. The number of nitrogens with zero attached hydrogens (tertiary/aromatic N) is 2. The molecule has 0 radical (unpaired) electrons. The summed E-state index contributed by atoms with van der Waals surface area (Å²) in [5, 5.41) is 4.37. The Morgan fingerprint density at radius 3 is 2.72 bits per heavy atom. The number of ether oxygens (including phenoxy) is 1. The maximum atomic E-state index is 12.8. The highest BCUT2D eigenvalue weighted by molar-refractivity contribution is 5.93. The quantitative estimate of drug-likeness (QED) is 0.740. The number of amides is 2. The van der Waals surface area contributed by atoms with Crippen molar-refractivity contribution in [2.45, 2.75) is 19.4 Å². The van der Waals surface area contributed by atoms with Gasteiger partial charge in [0.15, 0.2) is 0 Å². The molecule has 1 saturated heterocycles. The molecule has 0 bridgehead atoms. The number of anilines is 1. The van der Waals surface area contributed by atoms with Crippen molar-refractivity contribution in [3.05, 3.63) is 76.2 Å². The molecule has 6 nitrogen and oxygen atoms in total. The number of benzene rings is 2. The number of aryl methyl sites for hydroxylation is 2. The van der Waals surface area contributed by atoms with Gasteiger partial charge in [-0.1, -0.05) is 37.3 Å². The first-order valence-corrected chi connectivity index (χ1v) is 9.91. The van der Waals surface area contributed by atoms with Gasteiger partial charge in [0.25, 0.3) is 5.56 Å². The lowest BCUT2D eigenvalue weighted by Crippen LogP contribution is -2.44. The van der Waals surface area contributed by atoms with Crippen LogP contribution in [0.5, 0.6) is 0 Å². The standard InChI is InChI=1S/C23H25N3O3/c1-3-16-4-6-18(7-5-16)21-15-26(12-13-29-21)23(28)24-19-9-8-17-10-11-25(2)22(27)20(17)14-19/h4-11,14,21H,3,12-13,15H2,1-2H3,(H,24,28). The third-order valence-corrected chi connectivity index (χ3v) is 5.45. The minimum absolute atomic E-state index is 0.0828. The molecule has 1 unspecified atom stereocenters. The number of hydrogen-bond acceptors (Lipinski definition) is 3. The zero-order valence-corrected chi connectivity index (χ0v) is 16.7. The zero-order valence-electron chi connectivity index (χ0n) is 16.7. The van der Waals surface area contributed by atoms with Crippen LogP contribution in [-0.4, -0.2) is 35.2 Å². The lowest BCUT2D eigenvalue weighted by atomic mass is 10.0. The van der Waals surface area contributed by atoms with Crippen molar-refractivity contribution >= 4 is 22.5 Å². The Bertz CT molecular complexity index is 1090. The van der Waals surface area contributed by atoms with Gasteiger partial charge in [0, 0.05) is 30.9 Å². The average Bonchev–Trinajstić information content (AvgIpc) is 2.77. The maximum absolute atomic E-state index is 12.8.